The van der Waals surface area contributed by atoms with Crippen molar-refractivity contribution in [3.63, 3.8) is 0 Å². The Morgan fingerprint density at radius 3 is 2.66 bits per heavy atom. The zero-order chi connectivity index (χ0) is 20.2. The summed E-state index contributed by atoms with van der Waals surface area (Å²) in [4.78, 5) is 20.7. The van der Waals surface area contributed by atoms with Crippen molar-refractivity contribution in [3.8, 4) is 17.1 Å². The van der Waals surface area contributed by atoms with Crippen LogP contribution in [-0.2, 0) is 11.2 Å². The highest BCUT2D eigenvalue weighted by atomic mass is 35.5. The standard InChI is InChI=1S/C19H14Cl2N6O2/c20-13-3-1-12(2-4-13)19-25-18(29-26-19)8-7-17(28)24-15-9-14(21)5-6-16(15)27-11-22-10-23-27/h1-6,9-11H,7-8H2,(H,24,28). The number of halogens is 2. The maximum Gasteiger partial charge on any atom is 0.227 e. The molecule has 0 spiro atoms. The second kappa shape index (κ2) is 8.42. The molecule has 8 nitrogen and oxygen atoms in total. The van der Waals surface area contributed by atoms with Gasteiger partial charge in [0, 0.05) is 28.5 Å². The average molecular weight is 429 g/mol. The number of anilines is 1. The second-order valence-electron chi connectivity index (χ2n) is 6.07. The minimum Gasteiger partial charge on any atom is -0.339 e. The number of hydrogen-bond donors (Lipinski definition) is 1. The van der Waals surface area contributed by atoms with Crippen LogP contribution in [0.2, 0.25) is 10.0 Å². The number of hydrogen-bond acceptors (Lipinski definition) is 6. The Balaban J connectivity index is 1.41. The molecule has 1 N–H and O–H groups in total. The molecule has 0 bridgehead atoms. The first-order valence-corrected chi connectivity index (χ1v) is 9.37. The third-order valence-corrected chi connectivity index (χ3v) is 4.52. The Morgan fingerprint density at radius 2 is 1.90 bits per heavy atom. The minimum atomic E-state index is -0.222. The fraction of sp³-hybridized carbons (Fsp3) is 0.105. The van der Waals surface area contributed by atoms with E-state index in [4.69, 9.17) is 27.7 Å². The van der Waals surface area contributed by atoms with Crippen molar-refractivity contribution in [2.75, 3.05) is 5.32 Å². The van der Waals surface area contributed by atoms with Gasteiger partial charge in [0.2, 0.25) is 17.6 Å². The molecule has 4 aromatic rings. The molecule has 0 saturated carbocycles. The van der Waals surface area contributed by atoms with E-state index in [1.54, 1.807) is 47.1 Å². The molecule has 0 fully saturated rings. The Morgan fingerprint density at radius 1 is 1.10 bits per heavy atom. The van der Waals surface area contributed by atoms with E-state index in [9.17, 15) is 4.79 Å². The summed E-state index contributed by atoms with van der Waals surface area (Å²) in [5, 5.41) is 12.0. The van der Waals surface area contributed by atoms with E-state index in [0.29, 0.717) is 39.6 Å². The van der Waals surface area contributed by atoms with Gasteiger partial charge >= 0.3 is 0 Å². The summed E-state index contributed by atoms with van der Waals surface area (Å²) in [6.45, 7) is 0. The fourth-order valence-electron chi connectivity index (χ4n) is 2.65. The zero-order valence-corrected chi connectivity index (χ0v) is 16.4. The summed E-state index contributed by atoms with van der Waals surface area (Å²) in [6, 6.07) is 12.2. The van der Waals surface area contributed by atoms with Crippen LogP contribution >= 0.6 is 23.2 Å². The van der Waals surface area contributed by atoms with Crippen LogP contribution in [0.3, 0.4) is 0 Å². The fourth-order valence-corrected chi connectivity index (χ4v) is 2.94. The van der Waals surface area contributed by atoms with Crippen molar-refractivity contribution in [3.05, 3.63) is 71.1 Å². The molecular weight excluding hydrogens is 415 g/mol. The number of aryl methyl sites for hydroxylation is 1. The molecule has 1 amide bonds. The van der Waals surface area contributed by atoms with Crippen LogP contribution in [0.5, 0.6) is 0 Å². The topological polar surface area (TPSA) is 98.7 Å². The number of amides is 1. The van der Waals surface area contributed by atoms with E-state index in [1.807, 2.05) is 0 Å². The molecule has 0 unspecified atom stereocenters. The van der Waals surface area contributed by atoms with Crippen LogP contribution < -0.4 is 5.32 Å². The van der Waals surface area contributed by atoms with E-state index < -0.39 is 0 Å². The number of carbonyl (C=O) groups excluding carboxylic acids is 1. The lowest BCUT2D eigenvalue weighted by molar-refractivity contribution is -0.116. The van der Waals surface area contributed by atoms with Crippen LogP contribution in [0.4, 0.5) is 5.69 Å². The van der Waals surface area contributed by atoms with E-state index in [1.165, 1.54) is 12.7 Å². The van der Waals surface area contributed by atoms with Gasteiger partial charge < -0.3 is 9.84 Å². The van der Waals surface area contributed by atoms with Crippen molar-refractivity contribution >= 4 is 34.8 Å². The quantitative estimate of drug-likeness (QED) is 0.494. The Kier molecular flexibility index (Phi) is 5.55. The van der Waals surface area contributed by atoms with Crippen molar-refractivity contribution in [2.24, 2.45) is 0 Å². The summed E-state index contributed by atoms with van der Waals surface area (Å²) in [6.07, 6.45) is 3.40. The van der Waals surface area contributed by atoms with Gasteiger partial charge in [0.25, 0.3) is 0 Å². The molecule has 0 aliphatic carbocycles. The van der Waals surface area contributed by atoms with E-state index in [0.717, 1.165) is 5.56 Å². The van der Waals surface area contributed by atoms with E-state index in [-0.39, 0.29) is 12.3 Å². The van der Waals surface area contributed by atoms with Gasteiger partial charge in [0.1, 0.15) is 12.7 Å². The van der Waals surface area contributed by atoms with Crippen LogP contribution in [0.1, 0.15) is 12.3 Å². The predicted octanol–water partition coefficient (Wildman–Crippen LogP) is 4.20. The molecule has 2 aromatic carbocycles. The zero-order valence-electron chi connectivity index (χ0n) is 14.9. The van der Waals surface area contributed by atoms with Gasteiger partial charge in [0.15, 0.2) is 0 Å². The SMILES string of the molecule is O=C(CCc1nc(-c2ccc(Cl)cc2)no1)Nc1cc(Cl)ccc1-n1cncn1. The summed E-state index contributed by atoms with van der Waals surface area (Å²) >= 11 is 12.0. The molecule has 146 valence electrons. The minimum absolute atomic E-state index is 0.158. The van der Waals surface area contributed by atoms with Crippen molar-refractivity contribution in [1.82, 2.24) is 24.9 Å². The molecule has 29 heavy (non-hydrogen) atoms. The van der Waals surface area contributed by atoms with Crippen molar-refractivity contribution in [1.29, 1.82) is 0 Å². The second-order valence-corrected chi connectivity index (χ2v) is 6.94. The monoisotopic (exact) mass is 428 g/mol. The molecule has 0 atom stereocenters. The first kappa shape index (κ1) is 19.1. The number of rotatable bonds is 6. The van der Waals surface area contributed by atoms with Gasteiger partial charge in [-0.1, -0.05) is 28.4 Å². The molecule has 0 saturated heterocycles. The number of nitrogens with one attached hydrogen (secondary N) is 1. The number of nitrogens with zero attached hydrogens (tertiary/aromatic N) is 5. The summed E-state index contributed by atoms with van der Waals surface area (Å²) < 4.78 is 6.78. The maximum atomic E-state index is 12.4. The van der Waals surface area contributed by atoms with Crippen molar-refractivity contribution < 1.29 is 9.32 Å². The van der Waals surface area contributed by atoms with Crippen LogP contribution in [0.25, 0.3) is 17.1 Å². The lowest BCUT2D eigenvalue weighted by atomic mass is 10.2. The molecule has 2 aromatic heterocycles. The number of aromatic nitrogens is 5. The van der Waals surface area contributed by atoms with Gasteiger partial charge in [-0.05, 0) is 42.5 Å². The highest BCUT2D eigenvalue weighted by molar-refractivity contribution is 6.31. The van der Waals surface area contributed by atoms with Crippen molar-refractivity contribution in [2.45, 2.75) is 12.8 Å². The summed E-state index contributed by atoms with van der Waals surface area (Å²) in [5.41, 5.74) is 1.97. The molecule has 0 aliphatic heterocycles. The summed E-state index contributed by atoms with van der Waals surface area (Å²) in [5.74, 6) is 0.591. The molecule has 0 aliphatic rings. The third-order valence-electron chi connectivity index (χ3n) is 4.03. The average Bonchev–Trinajstić information content (AvgIpc) is 3.39. The highest BCUT2D eigenvalue weighted by Crippen LogP contribution is 2.24. The molecule has 10 heteroatoms. The Hall–Kier alpha value is -3.23. The number of carbonyl (C=O) groups is 1. The molecule has 2 heterocycles. The van der Waals surface area contributed by atoms with Crippen LogP contribution in [0, 0.1) is 0 Å². The van der Waals surface area contributed by atoms with Gasteiger partial charge in [0.05, 0.1) is 11.4 Å². The van der Waals surface area contributed by atoms with E-state index >= 15 is 0 Å². The number of benzene rings is 2. The predicted molar refractivity (Wildman–Crippen MR) is 108 cm³/mol. The smallest absolute Gasteiger partial charge is 0.227 e. The third kappa shape index (κ3) is 4.61. The highest BCUT2D eigenvalue weighted by Gasteiger charge is 2.13. The van der Waals surface area contributed by atoms with Gasteiger partial charge in [-0.2, -0.15) is 10.1 Å². The first-order chi connectivity index (χ1) is 14.1. The lowest BCUT2D eigenvalue weighted by Crippen LogP contribution is -2.14. The van der Waals surface area contributed by atoms with Gasteiger partial charge in [-0.15, -0.1) is 0 Å². The Labute approximate surface area is 175 Å². The molecule has 0 radical (unpaired) electrons. The molecule has 4 rings (SSSR count). The van der Waals surface area contributed by atoms with Crippen LogP contribution in [0.15, 0.2) is 59.6 Å². The largest absolute Gasteiger partial charge is 0.339 e. The van der Waals surface area contributed by atoms with Gasteiger partial charge in [-0.25, -0.2) is 9.67 Å². The maximum absolute atomic E-state index is 12.4. The van der Waals surface area contributed by atoms with E-state index in [2.05, 4.69) is 25.5 Å². The first-order valence-electron chi connectivity index (χ1n) is 8.61. The normalized spacial score (nSPS) is 10.8. The lowest BCUT2D eigenvalue weighted by Gasteiger charge is -2.11. The van der Waals surface area contributed by atoms with Gasteiger partial charge in [-0.3, -0.25) is 4.79 Å². The Bertz CT molecular complexity index is 1130. The summed E-state index contributed by atoms with van der Waals surface area (Å²) in [7, 11) is 0. The molecular formula is C19H14Cl2N6O2. The van der Waals surface area contributed by atoms with Crippen LogP contribution in [-0.4, -0.2) is 30.8 Å².